The van der Waals surface area contributed by atoms with Gasteiger partial charge in [-0.15, -0.1) is 0 Å². The second-order valence-corrected chi connectivity index (χ2v) is 9.14. The maximum Gasteiger partial charge on any atom is 0.232 e. The summed E-state index contributed by atoms with van der Waals surface area (Å²) in [4.78, 5) is 0. The predicted octanol–water partition coefficient (Wildman–Crippen LogP) is 1.78. The maximum atomic E-state index is 10.2. The summed E-state index contributed by atoms with van der Waals surface area (Å²) in [5.74, 6) is 0. The van der Waals surface area contributed by atoms with Crippen LogP contribution in [0.2, 0.25) is 0 Å². The van der Waals surface area contributed by atoms with Crippen LogP contribution in [-0.2, 0) is 8.27 Å². The van der Waals surface area contributed by atoms with Gasteiger partial charge in [0.25, 0.3) is 0 Å². The zero-order chi connectivity index (χ0) is 6.08. The van der Waals surface area contributed by atoms with Gasteiger partial charge in [0.05, 0.1) is 14.8 Å². The van der Waals surface area contributed by atoms with Crippen molar-refractivity contribution in [3.05, 3.63) is 0 Å². The first-order valence-electron chi connectivity index (χ1n) is 1.16. The monoisotopic (exact) mass is 314 g/mol. The molecule has 0 aliphatic rings. The molecule has 44 valence electrons. The SMILES string of the molecule is O=S(=O)(Br)C(Br)Br. The third kappa shape index (κ3) is 3.93. The Morgan fingerprint density at radius 3 is 1.43 bits per heavy atom. The van der Waals surface area contributed by atoms with Gasteiger partial charge in [-0.1, -0.05) is 31.9 Å². The van der Waals surface area contributed by atoms with Crippen LogP contribution in [0.15, 0.2) is 0 Å². The largest absolute Gasteiger partial charge is 0.232 e. The highest BCUT2D eigenvalue weighted by Gasteiger charge is 2.12. The van der Waals surface area contributed by atoms with E-state index in [1.165, 1.54) is 0 Å². The van der Waals surface area contributed by atoms with Crippen LogP contribution in [0.5, 0.6) is 0 Å². The molecule has 0 aromatic heterocycles. The van der Waals surface area contributed by atoms with Crippen molar-refractivity contribution in [2.24, 2.45) is 0 Å². The van der Waals surface area contributed by atoms with Crippen molar-refractivity contribution in [2.75, 3.05) is 0 Å². The van der Waals surface area contributed by atoms with Crippen LogP contribution in [0.25, 0.3) is 0 Å². The highest BCUT2D eigenvalue weighted by Crippen LogP contribution is 2.20. The zero-order valence-corrected chi connectivity index (χ0v) is 8.51. The number of alkyl halides is 2. The van der Waals surface area contributed by atoms with Gasteiger partial charge in [-0.3, -0.25) is 0 Å². The Balaban J connectivity index is 4.10. The summed E-state index contributed by atoms with van der Waals surface area (Å²) in [6.45, 7) is 0. The van der Waals surface area contributed by atoms with Gasteiger partial charge in [0.15, 0.2) is 3.07 Å². The smallest absolute Gasteiger partial charge is 0.215 e. The molecule has 0 unspecified atom stereocenters. The molecule has 0 N–H and O–H groups in total. The second-order valence-electron chi connectivity index (χ2n) is 0.736. The van der Waals surface area contributed by atoms with Crippen LogP contribution in [0.3, 0.4) is 0 Å². The molecule has 7 heavy (non-hydrogen) atoms. The quantitative estimate of drug-likeness (QED) is 0.546. The van der Waals surface area contributed by atoms with Gasteiger partial charge in [0, 0.05) is 0 Å². The van der Waals surface area contributed by atoms with Crippen molar-refractivity contribution in [3.8, 4) is 0 Å². The van der Waals surface area contributed by atoms with Crippen LogP contribution in [0, 0.1) is 0 Å². The van der Waals surface area contributed by atoms with E-state index < -0.39 is 11.3 Å². The predicted molar refractivity (Wildman–Crippen MR) is 39.5 cm³/mol. The Morgan fingerprint density at radius 1 is 1.29 bits per heavy atom. The molecule has 0 aliphatic heterocycles. The van der Waals surface area contributed by atoms with Gasteiger partial charge in [-0.25, -0.2) is 8.42 Å². The summed E-state index contributed by atoms with van der Waals surface area (Å²) in [7, 11) is -3.09. The van der Waals surface area contributed by atoms with Crippen LogP contribution in [0.4, 0.5) is 0 Å². The lowest BCUT2D eigenvalue weighted by molar-refractivity contribution is 0.615. The second kappa shape index (κ2) is 2.80. The number of rotatable bonds is 1. The van der Waals surface area contributed by atoms with E-state index in [-0.39, 0.29) is 0 Å². The number of hydrogen-bond acceptors (Lipinski definition) is 2. The lowest BCUT2D eigenvalue weighted by Crippen LogP contribution is -1.95. The molecule has 0 saturated heterocycles. The minimum Gasteiger partial charge on any atom is -0.215 e. The van der Waals surface area contributed by atoms with Crippen LogP contribution in [-0.4, -0.2) is 11.5 Å². The Bertz CT molecular complexity index is 135. The molecule has 0 aromatic carbocycles. The van der Waals surface area contributed by atoms with E-state index in [0.29, 0.717) is 0 Å². The molecular weight excluding hydrogens is 316 g/mol. The Hall–Kier alpha value is 1.39. The van der Waals surface area contributed by atoms with E-state index >= 15 is 0 Å². The first-order chi connectivity index (χ1) is 2.94. The highest BCUT2D eigenvalue weighted by molar-refractivity contribution is 9.51. The third-order valence-corrected chi connectivity index (χ3v) is 7.72. The number of halogens is 3. The Labute approximate surface area is 66.0 Å². The molecule has 0 rings (SSSR count). The Kier molecular flexibility index (Phi) is 3.35. The van der Waals surface area contributed by atoms with E-state index in [9.17, 15) is 8.42 Å². The van der Waals surface area contributed by atoms with Crippen LogP contribution < -0.4 is 0 Å². The highest BCUT2D eigenvalue weighted by atomic mass is 79.9. The van der Waals surface area contributed by atoms with Gasteiger partial charge in [-0.2, -0.15) is 0 Å². The fraction of sp³-hybridized carbons (Fsp3) is 1.00. The summed E-state index contributed by atoms with van der Waals surface area (Å²) in [5.41, 5.74) is 0. The lowest BCUT2D eigenvalue weighted by Gasteiger charge is -1.89. The molecule has 0 atom stereocenters. The molecule has 0 aliphatic carbocycles. The molecule has 0 saturated carbocycles. The fourth-order valence-electron chi connectivity index (χ4n) is 0. The molecule has 0 amide bonds. The molecule has 2 nitrogen and oxygen atoms in total. The summed E-state index contributed by atoms with van der Waals surface area (Å²) in [6.07, 6.45) is 0. The summed E-state index contributed by atoms with van der Waals surface area (Å²) in [5, 5.41) is 0. The lowest BCUT2D eigenvalue weighted by atomic mass is 11.9. The molecule has 0 radical (unpaired) electrons. The van der Waals surface area contributed by atoms with Crippen molar-refractivity contribution in [3.63, 3.8) is 0 Å². The summed E-state index contributed by atoms with van der Waals surface area (Å²) >= 11 is 7.97. The van der Waals surface area contributed by atoms with E-state index in [0.717, 1.165) is 0 Å². The van der Waals surface area contributed by atoms with Gasteiger partial charge in [-0.05, 0) is 0 Å². The van der Waals surface area contributed by atoms with E-state index in [2.05, 4.69) is 46.7 Å². The Morgan fingerprint density at radius 2 is 1.43 bits per heavy atom. The summed E-state index contributed by atoms with van der Waals surface area (Å²) in [6, 6.07) is 0. The van der Waals surface area contributed by atoms with E-state index in [1.807, 2.05) is 0 Å². The maximum absolute atomic E-state index is 10.2. The molecule has 0 bridgehead atoms. The molecule has 0 spiro atoms. The van der Waals surface area contributed by atoms with Gasteiger partial charge >= 0.3 is 0 Å². The number of hydrogen-bond donors (Lipinski definition) is 0. The molecule has 6 heteroatoms. The van der Waals surface area contributed by atoms with Crippen molar-refractivity contribution in [2.45, 2.75) is 3.07 Å². The van der Waals surface area contributed by atoms with E-state index in [1.54, 1.807) is 0 Å². The average molecular weight is 317 g/mol. The molecule has 0 fully saturated rings. The summed E-state index contributed by atoms with van der Waals surface area (Å²) < 4.78 is 19.6. The standard InChI is InChI=1S/CHBr3O2S/c2-1(3)7(4,5)6/h1H. The minimum atomic E-state index is -3.09. The first kappa shape index (κ1) is 8.39. The van der Waals surface area contributed by atoms with Crippen molar-refractivity contribution in [1.29, 1.82) is 0 Å². The van der Waals surface area contributed by atoms with Gasteiger partial charge in [0.1, 0.15) is 0 Å². The van der Waals surface area contributed by atoms with Crippen LogP contribution >= 0.6 is 46.7 Å². The van der Waals surface area contributed by atoms with Gasteiger partial charge < -0.3 is 0 Å². The topological polar surface area (TPSA) is 34.1 Å². The van der Waals surface area contributed by atoms with Crippen molar-refractivity contribution >= 4 is 54.9 Å². The normalized spacial score (nSPS) is 12.6. The molecule has 0 heterocycles. The average Bonchev–Trinajstić information content (AvgIpc) is 1.31. The van der Waals surface area contributed by atoms with Crippen LogP contribution in [0.1, 0.15) is 0 Å². The zero-order valence-electron chi connectivity index (χ0n) is 2.94. The van der Waals surface area contributed by atoms with Gasteiger partial charge in [0.2, 0.25) is 8.27 Å². The molecule has 0 aromatic rings. The first-order valence-corrected chi connectivity index (χ1v) is 6.38. The molecular formula is CHBr3O2S. The minimum absolute atomic E-state index is 0.688. The third-order valence-electron chi connectivity index (χ3n) is 0.213. The van der Waals surface area contributed by atoms with Crippen molar-refractivity contribution < 1.29 is 8.42 Å². The van der Waals surface area contributed by atoms with Crippen molar-refractivity contribution in [1.82, 2.24) is 0 Å². The van der Waals surface area contributed by atoms with E-state index in [4.69, 9.17) is 0 Å². The fourth-order valence-corrected chi connectivity index (χ4v) is 0.